The van der Waals surface area contributed by atoms with E-state index >= 15 is 0 Å². The molecule has 1 aliphatic carbocycles. The summed E-state index contributed by atoms with van der Waals surface area (Å²) in [7, 11) is 2.00. The quantitative estimate of drug-likeness (QED) is 0.669. The number of aromatic nitrogens is 2. The SMILES string of the molecule is CC(N)C1CCc2c1cnn2C. The molecular formula is C9H15N3. The molecule has 0 saturated carbocycles. The number of nitrogens with two attached hydrogens (primary N) is 1. The standard InChI is InChI=1S/C9H15N3/c1-6(10)7-3-4-9-8(7)5-11-12(9)2/h5-7H,3-4,10H2,1-2H3. The zero-order valence-corrected chi connectivity index (χ0v) is 7.62. The van der Waals surface area contributed by atoms with Crippen molar-refractivity contribution < 1.29 is 0 Å². The molecular weight excluding hydrogens is 150 g/mol. The number of nitrogens with zero attached hydrogens (tertiary/aromatic N) is 2. The van der Waals surface area contributed by atoms with Gasteiger partial charge in [0.1, 0.15) is 0 Å². The highest BCUT2D eigenvalue weighted by Gasteiger charge is 2.27. The predicted octanol–water partition coefficient (Wildman–Crippen LogP) is 0.797. The molecule has 1 aromatic rings. The molecule has 0 radical (unpaired) electrons. The molecule has 0 amide bonds. The van der Waals surface area contributed by atoms with E-state index in [1.807, 2.05) is 17.9 Å². The molecule has 3 nitrogen and oxygen atoms in total. The lowest BCUT2D eigenvalue weighted by Gasteiger charge is -2.12. The molecule has 0 fully saturated rings. The van der Waals surface area contributed by atoms with Gasteiger partial charge >= 0.3 is 0 Å². The van der Waals surface area contributed by atoms with Crippen LogP contribution in [0.25, 0.3) is 0 Å². The minimum atomic E-state index is 0.260. The number of hydrogen-bond acceptors (Lipinski definition) is 2. The lowest BCUT2D eigenvalue weighted by atomic mass is 9.97. The van der Waals surface area contributed by atoms with Crippen molar-refractivity contribution in [1.29, 1.82) is 0 Å². The Morgan fingerprint density at radius 3 is 3.17 bits per heavy atom. The Morgan fingerprint density at radius 1 is 1.75 bits per heavy atom. The first-order valence-electron chi connectivity index (χ1n) is 4.46. The van der Waals surface area contributed by atoms with Crippen LogP contribution < -0.4 is 5.73 Å². The van der Waals surface area contributed by atoms with Crippen molar-refractivity contribution in [2.75, 3.05) is 0 Å². The number of hydrogen-bond donors (Lipinski definition) is 1. The summed E-state index contributed by atoms with van der Waals surface area (Å²) < 4.78 is 1.97. The summed E-state index contributed by atoms with van der Waals surface area (Å²) in [6.07, 6.45) is 4.30. The number of rotatable bonds is 1. The van der Waals surface area contributed by atoms with Crippen LogP contribution in [0.3, 0.4) is 0 Å². The van der Waals surface area contributed by atoms with Gasteiger partial charge in [0, 0.05) is 24.7 Å². The van der Waals surface area contributed by atoms with Crippen LogP contribution in [0.1, 0.15) is 30.5 Å². The summed E-state index contributed by atoms with van der Waals surface area (Å²) in [6.45, 7) is 2.08. The van der Waals surface area contributed by atoms with Crippen LogP contribution in [0.15, 0.2) is 6.20 Å². The van der Waals surface area contributed by atoms with Gasteiger partial charge < -0.3 is 5.73 Å². The first-order chi connectivity index (χ1) is 5.70. The minimum absolute atomic E-state index is 0.260. The van der Waals surface area contributed by atoms with Crippen molar-refractivity contribution in [1.82, 2.24) is 9.78 Å². The van der Waals surface area contributed by atoms with E-state index in [4.69, 9.17) is 5.73 Å². The Kier molecular flexibility index (Phi) is 1.68. The summed E-state index contributed by atoms with van der Waals surface area (Å²) >= 11 is 0. The van der Waals surface area contributed by atoms with Crippen LogP contribution in [0.2, 0.25) is 0 Å². The van der Waals surface area contributed by atoms with E-state index in [-0.39, 0.29) is 6.04 Å². The molecule has 0 aromatic carbocycles. The van der Waals surface area contributed by atoms with E-state index in [0.717, 1.165) is 6.42 Å². The van der Waals surface area contributed by atoms with Crippen LogP contribution in [0, 0.1) is 0 Å². The van der Waals surface area contributed by atoms with Crippen LogP contribution >= 0.6 is 0 Å². The molecule has 1 aromatic heterocycles. The fourth-order valence-electron chi connectivity index (χ4n) is 2.09. The molecule has 0 spiro atoms. The summed E-state index contributed by atoms with van der Waals surface area (Å²) in [4.78, 5) is 0. The summed E-state index contributed by atoms with van der Waals surface area (Å²) in [5, 5.41) is 4.23. The molecule has 1 aliphatic rings. The van der Waals surface area contributed by atoms with Gasteiger partial charge in [-0.05, 0) is 25.3 Å². The van der Waals surface area contributed by atoms with Gasteiger partial charge in [0.15, 0.2) is 0 Å². The third kappa shape index (κ3) is 0.966. The Bertz CT molecular complexity index is 288. The topological polar surface area (TPSA) is 43.8 Å². The second-order valence-electron chi connectivity index (χ2n) is 3.67. The van der Waals surface area contributed by atoms with E-state index in [2.05, 4.69) is 12.0 Å². The van der Waals surface area contributed by atoms with E-state index in [0.29, 0.717) is 5.92 Å². The molecule has 2 atom stereocenters. The highest BCUT2D eigenvalue weighted by Crippen LogP contribution is 2.33. The molecule has 0 bridgehead atoms. The fourth-order valence-corrected chi connectivity index (χ4v) is 2.09. The third-order valence-corrected chi connectivity index (χ3v) is 2.82. The van der Waals surface area contributed by atoms with E-state index in [1.165, 1.54) is 17.7 Å². The zero-order valence-electron chi connectivity index (χ0n) is 7.62. The fraction of sp³-hybridized carbons (Fsp3) is 0.667. The Balaban J connectivity index is 2.36. The molecule has 2 rings (SSSR count). The molecule has 1 heterocycles. The Morgan fingerprint density at radius 2 is 2.50 bits per heavy atom. The lowest BCUT2D eigenvalue weighted by molar-refractivity contribution is 0.558. The van der Waals surface area contributed by atoms with Crippen LogP contribution in [0.4, 0.5) is 0 Å². The lowest BCUT2D eigenvalue weighted by Crippen LogP contribution is -2.22. The van der Waals surface area contributed by atoms with Crippen molar-refractivity contribution >= 4 is 0 Å². The smallest absolute Gasteiger partial charge is 0.0527 e. The second-order valence-corrected chi connectivity index (χ2v) is 3.67. The minimum Gasteiger partial charge on any atom is -0.327 e. The van der Waals surface area contributed by atoms with Crippen molar-refractivity contribution in [3.63, 3.8) is 0 Å². The van der Waals surface area contributed by atoms with Gasteiger partial charge in [-0.25, -0.2) is 0 Å². The van der Waals surface area contributed by atoms with Crippen molar-refractivity contribution in [3.8, 4) is 0 Å². The zero-order chi connectivity index (χ0) is 8.72. The van der Waals surface area contributed by atoms with E-state index in [1.54, 1.807) is 0 Å². The van der Waals surface area contributed by atoms with Crippen LogP contribution in [-0.4, -0.2) is 15.8 Å². The molecule has 2 N–H and O–H groups in total. The molecule has 0 aliphatic heterocycles. The normalized spacial score (nSPS) is 24.1. The third-order valence-electron chi connectivity index (χ3n) is 2.82. The van der Waals surface area contributed by atoms with Gasteiger partial charge in [0.2, 0.25) is 0 Å². The monoisotopic (exact) mass is 165 g/mol. The molecule has 3 heteroatoms. The molecule has 0 saturated heterocycles. The highest BCUT2D eigenvalue weighted by molar-refractivity contribution is 5.29. The van der Waals surface area contributed by atoms with Crippen molar-refractivity contribution in [2.24, 2.45) is 12.8 Å². The molecule has 66 valence electrons. The molecule has 2 unspecified atom stereocenters. The first kappa shape index (κ1) is 7.80. The highest BCUT2D eigenvalue weighted by atomic mass is 15.3. The number of aryl methyl sites for hydroxylation is 1. The van der Waals surface area contributed by atoms with Gasteiger partial charge in [-0.15, -0.1) is 0 Å². The van der Waals surface area contributed by atoms with E-state index in [9.17, 15) is 0 Å². The molecule has 12 heavy (non-hydrogen) atoms. The van der Waals surface area contributed by atoms with Crippen LogP contribution in [0.5, 0.6) is 0 Å². The van der Waals surface area contributed by atoms with Crippen LogP contribution in [-0.2, 0) is 13.5 Å². The van der Waals surface area contributed by atoms with Gasteiger partial charge in [0.05, 0.1) is 6.20 Å². The largest absolute Gasteiger partial charge is 0.327 e. The van der Waals surface area contributed by atoms with Crippen molar-refractivity contribution in [2.45, 2.75) is 31.7 Å². The Labute approximate surface area is 72.6 Å². The summed E-state index contributed by atoms with van der Waals surface area (Å²) in [5.41, 5.74) is 8.63. The van der Waals surface area contributed by atoms with Gasteiger partial charge in [0.25, 0.3) is 0 Å². The second kappa shape index (κ2) is 2.59. The maximum Gasteiger partial charge on any atom is 0.0527 e. The summed E-state index contributed by atoms with van der Waals surface area (Å²) in [6, 6.07) is 0.260. The maximum atomic E-state index is 5.88. The Hall–Kier alpha value is -0.830. The summed E-state index contributed by atoms with van der Waals surface area (Å²) in [5.74, 6) is 0.536. The van der Waals surface area contributed by atoms with E-state index < -0.39 is 0 Å². The average Bonchev–Trinajstić information content (AvgIpc) is 2.53. The van der Waals surface area contributed by atoms with Gasteiger partial charge in [-0.1, -0.05) is 0 Å². The van der Waals surface area contributed by atoms with Crippen molar-refractivity contribution in [3.05, 3.63) is 17.5 Å². The van der Waals surface area contributed by atoms with Gasteiger partial charge in [-0.3, -0.25) is 4.68 Å². The number of fused-ring (bicyclic) bond motifs is 1. The predicted molar refractivity (Wildman–Crippen MR) is 47.9 cm³/mol. The maximum absolute atomic E-state index is 5.88. The average molecular weight is 165 g/mol. The van der Waals surface area contributed by atoms with Gasteiger partial charge in [-0.2, -0.15) is 5.10 Å². The first-order valence-corrected chi connectivity index (χ1v) is 4.46.